The third-order valence-corrected chi connectivity index (χ3v) is 5.92. The average molecular weight is 316 g/mol. The molecule has 2 fully saturated rings. The Hall–Kier alpha value is -2.11. The summed E-state index contributed by atoms with van der Waals surface area (Å²) in [6.45, 7) is 3.68. The Bertz CT molecular complexity index is 733. The van der Waals surface area contributed by atoms with Crippen LogP contribution < -0.4 is 0 Å². The molecule has 1 saturated heterocycles. The third-order valence-electron chi connectivity index (χ3n) is 5.92. The van der Waals surface area contributed by atoms with Gasteiger partial charge in [-0.1, -0.05) is 36.4 Å². The van der Waals surface area contributed by atoms with Crippen molar-refractivity contribution in [1.29, 1.82) is 5.26 Å². The molecule has 0 spiro atoms. The number of hydrogen-bond acceptors (Lipinski definition) is 2. The van der Waals surface area contributed by atoms with Gasteiger partial charge in [-0.05, 0) is 73.9 Å². The van der Waals surface area contributed by atoms with E-state index in [4.69, 9.17) is 5.26 Å². The largest absolute Gasteiger partial charge is 0.298 e. The minimum Gasteiger partial charge on any atom is -0.298 e. The standard InChI is InChI=1S/C22H24N2/c1-16-3-2-12-24(16)22-13-21(14-22)20-10-8-19(9-11-20)18-6-4-17(15-23)5-7-18/h4-11,16,21-22H,2-3,12-14H2,1H3/t16-,21-,22+/m1/s1. The fourth-order valence-corrected chi connectivity index (χ4v) is 4.31. The highest BCUT2D eigenvalue weighted by Gasteiger charge is 2.37. The molecule has 0 radical (unpaired) electrons. The summed E-state index contributed by atoms with van der Waals surface area (Å²) in [7, 11) is 0. The Balaban J connectivity index is 1.40. The summed E-state index contributed by atoms with van der Waals surface area (Å²) in [4.78, 5) is 2.72. The van der Waals surface area contributed by atoms with E-state index in [9.17, 15) is 0 Å². The van der Waals surface area contributed by atoms with Crippen LogP contribution in [0, 0.1) is 11.3 Å². The lowest BCUT2D eigenvalue weighted by atomic mass is 9.74. The van der Waals surface area contributed by atoms with Gasteiger partial charge < -0.3 is 0 Å². The highest BCUT2D eigenvalue weighted by atomic mass is 15.2. The maximum absolute atomic E-state index is 8.89. The second-order valence-electron chi connectivity index (χ2n) is 7.36. The van der Waals surface area contributed by atoms with E-state index in [1.807, 2.05) is 24.3 Å². The first-order valence-corrected chi connectivity index (χ1v) is 9.11. The first-order valence-electron chi connectivity index (χ1n) is 9.11. The Morgan fingerprint density at radius 1 is 0.958 bits per heavy atom. The van der Waals surface area contributed by atoms with Crippen molar-refractivity contribution in [2.75, 3.05) is 6.54 Å². The molecule has 0 aromatic heterocycles. The summed E-state index contributed by atoms with van der Waals surface area (Å²) in [5, 5.41) is 8.89. The monoisotopic (exact) mass is 316 g/mol. The highest BCUT2D eigenvalue weighted by molar-refractivity contribution is 5.64. The zero-order valence-electron chi connectivity index (χ0n) is 14.3. The van der Waals surface area contributed by atoms with E-state index in [0.29, 0.717) is 5.56 Å². The van der Waals surface area contributed by atoms with Crippen molar-refractivity contribution in [3.8, 4) is 17.2 Å². The molecule has 1 aliphatic carbocycles. The van der Waals surface area contributed by atoms with E-state index >= 15 is 0 Å². The Labute approximate surface area is 144 Å². The fraction of sp³-hybridized carbons (Fsp3) is 0.409. The Morgan fingerprint density at radius 2 is 1.58 bits per heavy atom. The van der Waals surface area contributed by atoms with Crippen LogP contribution in [0.25, 0.3) is 11.1 Å². The lowest BCUT2D eigenvalue weighted by Crippen LogP contribution is -2.45. The number of benzene rings is 2. The molecule has 2 aliphatic rings. The first-order chi connectivity index (χ1) is 11.7. The summed E-state index contributed by atoms with van der Waals surface area (Å²) >= 11 is 0. The predicted octanol–water partition coefficient (Wildman–Crippen LogP) is 4.96. The van der Waals surface area contributed by atoms with Crippen molar-refractivity contribution in [3.63, 3.8) is 0 Å². The highest BCUT2D eigenvalue weighted by Crippen LogP contribution is 2.42. The molecule has 1 aliphatic heterocycles. The van der Waals surface area contributed by atoms with Crippen LogP contribution in [0.1, 0.15) is 49.7 Å². The molecule has 2 nitrogen and oxygen atoms in total. The van der Waals surface area contributed by atoms with Gasteiger partial charge in [0.25, 0.3) is 0 Å². The van der Waals surface area contributed by atoms with Crippen LogP contribution in [0.3, 0.4) is 0 Å². The Morgan fingerprint density at radius 3 is 2.12 bits per heavy atom. The topological polar surface area (TPSA) is 27.0 Å². The van der Waals surface area contributed by atoms with E-state index in [2.05, 4.69) is 42.2 Å². The molecule has 1 atom stereocenters. The molecule has 1 heterocycles. The van der Waals surface area contributed by atoms with Crippen LogP contribution in [-0.4, -0.2) is 23.5 Å². The van der Waals surface area contributed by atoms with Crippen LogP contribution in [0.4, 0.5) is 0 Å². The molecule has 0 N–H and O–H groups in total. The molecule has 0 amide bonds. The molecule has 2 aromatic rings. The van der Waals surface area contributed by atoms with Crippen LogP contribution in [0.2, 0.25) is 0 Å². The Kier molecular flexibility index (Phi) is 4.12. The number of nitriles is 1. The van der Waals surface area contributed by atoms with Gasteiger partial charge in [0, 0.05) is 12.1 Å². The number of hydrogen-bond donors (Lipinski definition) is 0. The lowest BCUT2D eigenvalue weighted by molar-refractivity contribution is 0.103. The van der Waals surface area contributed by atoms with Crippen molar-refractivity contribution < 1.29 is 0 Å². The minimum atomic E-state index is 0.715. The molecule has 4 rings (SSSR count). The molecule has 0 bridgehead atoms. The molecule has 24 heavy (non-hydrogen) atoms. The van der Waals surface area contributed by atoms with Gasteiger partial charge in [0.05, 0.1) is 11.6 Å². The molecule has 0 unspecified atom stereocenters. The normalized spacial score (nSPS) is 26.8. The number of nitrogens with zero attached hydrogens (tertiary/aromatic N) is 2. The predicted molar refractivity (Wildman–Crippen MR) is 97.8 cm³/mol. The number of rotatable bonds is 3. The van der Waals surface area contributed by atoms with Crippen LogP contribution >= 0.6 is 0 Å². The smallest absolute Gasteiger partial charge is 0.0991 e. The zero-order valence-corrected chi connectivity index (χ0v) is 14.3. The molecule has 1 saturated carbocycles. The average Bonchev–Trinajstić information content (AvgIpc) is 3.00. The summed E-state index contributed by atoms with van der Waals surface area (Å²) in [5.41, 5.74) is 4.60. The third kappa shape index (κ3) is 2.85. The fourth-order valence-electron chi connectivity index (χ4n) is 4.31. The second-order valence-corrected chi connectivity index (χ2v) is 7.36. The van der Waals surface area contributed by atoms with E-state index in [0.717, 1.165) is 18.0 Å². The summed E-state index contributed by atoms with van der Waals surface area (Å²) in [6.07, 6.45) is 5.39. The maximum Gasteiger partial charge on any atom is 0.0991 e. The first kappa shape index (κ1) is 15.4. The zero-order chi connectivity index (χ0) is 16.5. The van der Waals surface area contributed by atoms with Gasteiger partial charge >= 0.3 is 0 Å². The van der Waals surface area contributed by atoms with Gasteiger partial charge in [0.1, 0.15) is 0 Å². The molecule has 2 aromatic carbocycles. The lowest BCUT2D eigenvalue weighted by Gasteiger charge is -2.43. The number of likely N-dealkylation sites (tertiary alicyclic amines) is 1. The van der Waals surface area contributed by atoms with Crippen LogP contribution in [0.15, 0.2) is 48.5 Å². The summed E-state index contributed by atoms with van der Waals surface area (Å²) < 4.78 is 0. The molecule has 122 valence electrons. The van der Waals surface area contributed by atoms with Gasteiger partial charge in [0.15, 0.2) is 0 Å². The van der Waals surface area contributed by atoms with E-state index in [-0.39, 0.29) is 0 Å². The van der Waals surface area contributed by atoms with Crippen LogP contribution in [-0.2, 0) is 0 Å². The van der Waals surface area contributed by atoms with Gasteiger partial charge in [0.2, 0.25) is 0 Å². The van der Waals surface area contributed by atoms with E-state index in [1.54, 1.807) is 0 Å². The quantitative estimate of drug-likeness (QED) is 0.800. The van der Waals surface area contributed by atoms with E-state index < -0.39 is 0 Å². The van der Waals surface area contributed by atoms with Crippen molar-refractivity contribution >= 4 is 0 Å². The van der Waals surface area contributed by atoms with Gasteiger partial charge in [-0.2, -0.15) is 5.26 Å². The molecular formula is C22H24N2. The van der Waals surface area contributed by atoms with Gasteiger partial charge in [-0.25, -0.2) is 0 Å². The van der Waals surface area contributed by atoms with Gasteiger partial charge in [-0.15, -0.1) is 0 Å². The van der Waals surface area contributed by atoms with E-state index in [1.165, 1.54) is 48.9 Å². The van der Waals surface area contributed by atoms with Gasteiger partial charge in [-0.3, -0.25) is 4.90 Å². The van der Waals surface area contributed by atoms with Crippen LogP contribution in [0.5, 0.6) is 0 Å². The van der Waals surface area contributed by atoms with Crippen molar-refractivity contribution in [1.82, 2.24) is 4.90 Å². The second kappa shape index (κ2) is 6.42. The summed E-state index contributed by atoms with van der Waals surface area (Å²) in [6, 6.07) is 20.6. The van der Waals surface area contributed by atoms with Crippen molar-refractivity contribution in [3.05, 3.63) is 59.7 Å². The maximum atomic E-state index is 8.89. The molecular weight excluding hydrogens is 292 g/mol. The van der Waals surface area contributed by atoms with Crippen molar-refractivity contribution in [2.45, 2.75) is 50.6 Å². The van der Waals surface area contributed by atoms with Crippen molar-refractivity contribution in [2.24, 2.45) is 0 Å². The SMILES string of the molecule is C[C@@H]1CCCN1[C@H]1C[C@@H](c2ccc(-c3ccc(C#N)cc3)cc2)C1. The minimum absolute atomic E-state index is 0.715. The summed E-state index contributed by atoms with van der Waals surface area (Å²) in [5.74, 6) is 0.734. The molecule has 2 heteroatoms.